The molecule has 1 aliphatic rings. The second-order valence-corrected chi connectivity index (χ2v) is 10.4. The van der Waals surface area contributed by atoms with Gasteiger partial charge in [-0.25, -0.2) is 13.1 Å². The molecular weight excluding hydrogens is 476 g/mol. The monoisotopic (exact) mass is 496 g/mol. The summed E-state index contributed by atoms with van der Waals surface area (Å²) in [6.45, 7) is 1.29. The van der Waals surface area contributed by atoms with E-state index in [4.69, 9.17) is 16.0 Å². The number of rotatable bonds is 8. The van der Waals surface area contributed by atoms with E-state index < -0.39 is 10.0 Å². The number of tetrazole rings is 1. The number of amides is 1. The number of hydrogen-bond acceptors (Lipinski definition) is 8. The number of nitrogens with zero attached hydrogens (tertiary/aromatic N) is 5. The summed E-state index contributed by atoms with van der Waals surface area (Å²) in [7, 11) is -3.72. The lowest BCUT2D eigenvalue weighted by atomic mass is 10.2. The van der Waals surface area contributed by atoms with E-state index in [2.05, 4.69) is 20.8 Å². The number of carbonyl (C=O) groups excluding carboxylic acids is 1. The predicted molar refractivity (Wildman–Crippen MR) is 119 cm³/mol. The molecule has 4 rings (SSSR count). The van der Waals surface area contributed by atoms with Crippen molar-refractivity contribution in [3.05, 3.63) is 47.4 Å². The van der Waals surface area contributed by atoms with Crippen molar-refractivity contribution in [2.75, 3.05) is 24.2 Å². The first kappa shape index (κ1) is 22.8. The summed E-state index contributed by atoms with van der Waals surface area (Å²) >= 11 is 7.34. The van der Waals surface area contributed by atoms with Crippen LogP contribution in [0.3, 0.4) is 0 Å². The number of furan rings is 1. The third kappa shape index (κ3) is 5.31. The van der Waals surface area contributed by atoms with Gasteiger partial charge in [-0.15, -0.1) is 5.10 Å². The number of thioether (sulfide) groups is 1. The molecule has 0 atom stereocenters. The van der Waals surface area contributed by atoms with Crippen LogP contribution in [0.1, 0.15) is 25.0 Å². The minimum absolute atomic E-state index is 0.00564. The summed E-state index contributed by atoms with van der Waals surface area (Å²) in [5, 5.41) is 14.8. The van der Waals surface area contributed by atoms with Gasteiger partial charge in [0.05, 0.1) is 17.0 Å². The van der Waals surface area contributed by atoms with Gasteiger partial charge in [0, 0.05) is 18.8 Å². The fraction of sp³-hybridized carbons (Fsp3) is 0.368. The maximum atomic E-state index is 13.0. The number of aromatic nitrogens is 4. The van der Waals surface area contributed by atoms with E-state index >= 15 is 0 Å². The van der Waals surface area contributed by atoms with Crippen molar-refractivity contribution in [1.29, 1.82) is 0 Å². The van der Waals surface area contributed by atoms with Gasteiger partial charge in [-0.3, -0.25) is 4.79 Å². The van der Waals surface area contributed by atoms with E-state index in [9.17, 15) is 13.2 Å². The maximum absolute atomic E-state index is 13.0. The van der Waals surface area contributed by atoms with Crippen LogP contribution < -0.4 is 5.32 Å². The van der Waals surface area contributed by atoms with Gasteiger partial charge in [0.1, 0.15) is 17.2 Å². The van der Waals surface area contributed by atoms with Gasteiger partial charge in [-0.05, 0) is 53.6 Å². The Balaban J connectivity index is 1.40. The molecule has 0 saturated carbocycles. The van der Waals surface area contributed by atoms with Crippen molar-refractivity contribution in [3.8, 4) is 0 Å². The van der Waals surface area contributed by atoms with Crippen LogP contribution in [0.15, 0.2) is 51.1 Å². The molecule has 1 aromatic carbocycles. The highest BCUT2D eigenvalue weighted by Crippen LogP contribution is 2.29. The molecule has 13 heteroatoms. The van der Waals surface area contributed by atoms with Gasteiger partial charge in [0.15, 0.2) is 0 Å². The molecule has 32 heavy (non-hydrogen) atoms. The zero-order valence-corrected chi connectivity index (χ0v) is 19.4. The fourth-order valence-electron chi connectivity index (χ4n) is 3.30. The molecular formula is C19H21ClN6O4S2. The predicted octanol–water partition coefficient (Wildman–Crippen LogP) is 2.87. The Hall–Kier alpha value is -2.41. The number of hydrogen-bond donors (Lipinski definition) is 1. The minimum Gasteiger partial charge on any atom is -0.467 e. The number of anilines is 1. The molecule has 3 aromatic rings. The minimum atomic E-state index is -3.72. The van der Waals surface area contributed by atoms with E-state index in [0.29, 0.717) is 36.2 Å². The second-order valence-electron chi connectivity index (χ2n) is 7.15. The van der Waals surface area contributed by atoms with Crippen molar-refractivity contribution in [3.63, 3.8) is 0 Å². The average molecular weight is 497 g/mol. The van der Waals surface area contributed by atoms with Crippen LogP contribution in [0.2, 0.25) is 5.02 Å². The Labute approximate surface area is 194 Å². The van der Waals surface area contributed by atoms with Crippen LogP contribution in [-0.2, 0) is 21.4 Å². The van der Waals surface area contributed by atoms with E-state index in [1.54, 1.807) is 24.5 Å². The average Bonchev–Trinajstić information content (AvgIpc) is 3.46. The SMILES string of the molecule is O=C(CSc1nnnn1Cc1ccco1)Nc1ccc(Cl)c(S(=O)(=O)N2CCCCC2)c1. The number of nitrogens with one attached hydrogen (secondary N) is 1. The van der Waals surface area contributed by atoms with Crippen LogP contribution >= 0.6 is 23.4 Å². The first-order valence-electron chi connectivity index (χ1n) is 9.94. The van der Waals surface area contributed by atoms with E-state index in [1.807, 2.05) is 0 Å². The van der Waals surface area contributed by atoms with Crippen molar-refractivity contribution in [2.24, 2.45) is 0 Å². The Kier molecular flexibility index (Phi) is 7.13. The fourth-order valence-corrected chi connectivity index (χ4v) is 5.99. The summed E-state index contributed by atoms with van der Waals surface area (Å²) in [5.41, 5.74) is 0.353. The Bertz CT molecular complexity index is 1180. The quantitative estimate of drug-likeness (QED) is 0.472. The molecule has 2 aromatic heterocycles. The van der Waals surface area contributed by atoms with Crippen LogP contribution in [0.4, 0.5) is 5.69 Å². The Morgan fingerprint density at radius 1 is 1.22 bits per heavy atom. The maximum Gasteiger partial charge on any atom is 0.244 e. The first-order chi connectivity index (χ1) is 15.4. The molecule has 1 saturated heterocycles. The highest BCUT2D eigenvalue weighted by molar-refractivity contribution is 7.99. The van der Waals surface area contributed by atoms with Gasteiger partial charge >= 0.3 is 0 Å². The number of halogens is 1. The Morgan fingerprint density at radius 3 is 2.78 bits per heavy atom. The molecule has 0 aliphatic carbocycles. The third-order valence-corrected chi connectivity index (χ3v) is 8.20. The van der Waals surface area contributed by atoms with Gasteiger partial charge in [0.25, 0.3) is 0 Å². The molecule has 10 nitrogen and oxygen atoms in total. The normalized spacial score (nSPS) is 15.0. The summed E-state index contributed by atoms with van der Waals surface area (Å²) in [6, 6.07) is 8.02. The van der Waals surface area contributed by atoms with Gasteiger partial charge < -0.3 is 9.73 Å². The van der Waals surface area contributed by atoms with Crippen molar-refractivity contribution in [2.45, 2.75) is 35.9 Å². The topological polar surface area (TPSA) is 123 Å². The van der Waals surface area contributed by atoms with E-state index in [-0.39, 0.29) is 21.6 Å². The summed E-state index contributed by atoms with van der Waals surface area (Å²) in [5.74, 6) is 0.397. The lowest BCUT2D eigenvalue weighted by molar-refractivity contribution is -0.113. The molecule has 170 valence electrons. The molecule has 3 heterocycles. The molecule has 0 bridgehead atoms. The molecule has 1 N–H and O–H groups in total. The highest BCUT2D eigenvalue weighted by Gasteiger charge is 2.28. The molecule has 0 unspecified atom stereocenters. The van der Waals surface area contributed by atoms with Crippen molar-refractivity contribution >= 4 is 45.0 Å². The lowest BCUT2D eigenvalue weighted by Crippen LogP contribution is -2.35. The number of benzene rings is 1. The highest BCUT2D eigenvalue weighted by atomic mass is 35.5. The third-order valence-electron chi connectivity index (χ3n) is 4.86. The molecule has 1 amide bonds. The van der Waals surface area contributed by atoms with Crippen LogP contribution in [0.5, 0.6) is 0 Å². The first-order valence-corrected chi connectivity index (χ1v) is 12.7. The summed E-state index contributed by atoms with van der Waals surface area (Å²) in [6.07, 6.45) is 4.22. The van der Waals surface area contributed by atoms with Gasteiger partial charge in [-0.1, -0.05) is 29.8 Å². The van der Waals surface area contributed by atoms with E-state index in [0.717, 1.165) is 31.0 Å². The summed E-state index contributed by atoms with van der Waals surface area (Å²) < 4.78 is 34.2. The number of piperidine rings is 1. The largest absolute Gasteiger partial charge is 0.467 e. The zero-order chi connectivity index (χ0) is 22.6. The molecule has 1 aliphatic heterocycles. The second kappa shape index (κ2) is 10.0. The van der Waals surface area contributed by atoms with Crippen LogP contribution in [0, 0.1) is 0 Å². The van der Waals surface area contributed by atoms with Crippen LogP contribution in [-0.4, -0.2) is 57.7 Å². The Morgan fingerprint density at radius 2 is 2.03 bits per heavy atom. The number of sulfonamides is 1. The van der Waals surface area contributed by atoms with E-state index in [1.165, 1.54) is 21.1 Å². The lowest BCUT2D eigenvalue weighted by Gasteiger charge is -2.26. The standard InChI is InChI=1S/C19H21ClN6O4S2/c20-16-7-6-14(11-17(16)32(28,29)25-8-2-1-3-9-25)21-18(27)13-31-19-22-23-24-26(19)12-15-5-4-10-30-15/h4-7,10-11H,1-3,8-9,12-13H2,(H,21,27). The molecule has 0 spiro atoms. The smallest absolute Gasteiger partial charge is 0.244 e. The molecule has 1 fully saturated rings. The van der Waals surface area contributed by atoms with Gasteiger partial charge in [-0.2, -0.15) is 4.31 Å². The van der Waals surface area contributed by atoms with Crippen molar-refractivity contribution < 1.29 is 17.6 Å². The zero-order valence-electron chi connectivity index (χ0n) is 17.0. The number of carbonyl (C=O) groups is 1. The van der Waals surface area contributed by atoms with Crippen LogP contribution in [0.25, 0.3) is 0 Å². The van der Waals surface area contributed by atoms with Crippen molar-refractivity contribution in [1.82, 2.24) is 24.5 Å². The van der Waals surface area contributed by atoms with Gasteiger partial charge in [0.2, 0.25) is 21.1 Å². The summed E-state index contributed by atoms with van der Waals surface area (Å²) in [4.78, 5) is 12.5. The molecule has 0 radical (unpaired) electrons.